The molecule has 1 aliphatic rings. The van der Waals surface area contributed by atoms with Gasteiger partial charge >= 0.3 is 0 Å². The minimum atomic E-state index is -0.260. The van der Waals surface area contributed by atoms with Crippen LogP contribution in [0.25, 0.3) is 27.7 Å². The second-order valence-electron chi connectivity index (χ2n) is 8.52. The fraction of sp³-hybridized carbons (Fsp3) is 0.207. The first-order valence-corrected chi connectivity index (χ1v) is 11.6. The summed E-state index contributed by atoms with van der Waals surface area (Å²) in [5, 5.41) is 3.83. The second kappa shape index (κ2) is 9.70. The Morgan fingerprint density at radius 3 is 2.58 bits per heavy atom. The monoisotopic (exact) mass is 485 g/mol. The van der Waals surface area contributed by atoms with Crippen molar-refractivity contribution in [1.29, 1.82) is 0 Å². The van der Waals surface area contributed by atoms with Crippen LogP contribution in [0, 0.1) is 6.92 Å². The van der Waals surface area contributed by atoms with E-state index in [2.05, 4.69) is 5.32 Å². The molecule has 0 saturated heterocycles. The lowest BCUT2D eigenvalue weighted by molar-refractivity contribution is -0.111. The van der Waals surface area contributed by atoms with Gasteiger partial charge in [0.2, 0.25) is 5.91 Å². The van der Waals surface area contributed by atoms with Crippen molar-refractivity contribution < 1.29 is 28.2 Å². The Labute approximate surface area is 209 Å². The average molecular weight is 486 g/mol. The van der Waals surface area contributed by atoms with Crippen LogP contribution in [0.2, 0.25) is 0 Å². The zero-order chi connectivity index (χ0) is 25.2. The predicted octanol–water partition coefficient (Wildman–Crippen LogP) is 6.24. The molecule has 0 spiro atoms. The van der Waals surface area contributed by atoms with Crippen LogP contribution in [0.4, 0.5) is 5.69 Å². The van der Waals surface area contributed by atoms with Gasteiger partial charge in [-0.25, -0.2) is 0 Å². The Hall–Kier alpha value is -4.39. The van der Waals surface area contributed by atoms with E-state index in [1.165, 1.54) is 0 Å². The van der Waals surface area contributed by atoms with Crippen LogP contribution in [0.5, 0.6) is 23.0 Å². The number of benzene rings is 3. The van der Waals surface area contributed by atoms with Crippen LogP contribution in [-0.4, -0.2) is 33.3 Å². The number of carbonyl (C=O) groups excluding carboxylic acids is 1. The number of furan rings is 1. The molecule has 0 aliphatic carbocycles. The normalized spacial score (nSPS) is 12.9. The number of amides is 1. The van der Waals surface area contributed by atoms with Gasteiger partial charge in [0.05, 0.1) is 20.5 Å². The van der Waals surface area contributed by atoms with Crippen molar-refractivity contribution in [2.24, 2.45) is 0 Å². The Morgan fingerprint density at radius 2 is 1.81 bits per heavy atom. The van der Waals surface area contributed by atoms with E-state index in [1.54, 1.807) is 44.8 Å². The number of rotatable bonds is 6. The molecule has 3 aromatic carbocycles. The number of fused-ring (bicyclic) bond motifs is 2. The number of aryl methyl sites for hydroxylation is 1. The molecule has 1 N–H and O–H groups in total. The van der Waals surface area contributed by atoms with E-state index in [9.17, 15) is 4.79 Å². The third-order valence-electron chi connectivity index (χ3n) is 6.21. The van der Waals surface area contributed by atoms with E-state index in [0.717, 1.165) is 44.5 Å². The number of hydrogen-bond donors (Lipinski definition) is 1. The lowest BCUT2D eigenvalue weighted by Gasteiger charge is -2.18. The largest absolute Gasteiger partial charge is 0.497 e. The summed E-state index contributed by atoms with van der Waals surface area (Å²) in [4.78, 5) is 12.9. The Balaban J connectivity index is 1.50. The molecule has 0 fully saturated rings. The molecular weight excluding hydrogens is 458 g/mol. The first kappa shape index (κ1) is 23.4. The lowest BCUT2D eigenvalue weighted by Crippen LogP contribution is -2.16. The zero-order valence-corrected chi connectivity index (χ0v) is 20.6. The molecule has 184 valence electrons. The van der Waals surface area contributed by atoms with Gasteiger partial charge in [-0.1, -0.05) is 12.1 Å². The molecule has 0 bridgehead atoms. The van der Waals surface area contributed by atoms with E-state index >= 15 is 0 Å². The molecule has 2 heterocycles. The number of methoxy groups -OCH3 is 2. The minimum absolute atomic E-state index is 0.260. The molecule has 1 aromatic heterocycles. The van der Waals surface area contributed by atoms with Crippen LogP contribution >= 0.6 is 0 Å². The number of hydrogen-bond acceptors (Lipinski definition) is 6. The van der Waals surface area contributed by atoms with E-state index in [4.69, 9.17) is 23.4 Å². The minimum Gasteiger partial charge on any atom is -0.497 e. The molecule has 5 rings (SSSR count). The van der Waals surface area contributed by atoms with E-state index in [-0.39, 0.29) is 5.91 Å². The zero-order valence-electron chi connectivity index (χ0n) is 20.6. The van der Waals surface area contributed by atoms with Gasteiger partial charge in [0.25, 0.3) is 0 Å². The number of anilines is 1. The highest BCUT2D eigenvalue weighted by Crippen LogP contribution is 2.41. The van der Waals surface area contributed by atoms with Crippen molar-refractivity contribution >= 4 is 28.1 Å². The topological polar surface area (TPSA) is 79.2 Å². The second-order valence-corrected chi connectivity index (χ2v) is 8.52. The summed E-state index contributed by atoms with van der Waals surface area (Å²) < 4.78 is 28.2. The fourth-order valence-corrected chi connectivity index (χ4v) is 4.46. The quantitative estimate of drug-likeness (QED) is 0.326. The van der Waals surface area contributed by atoms with E-state index in [0.29, 0.717) is 36.1 Å². The maximum atomic E-state index is 12.9. The maximum Gasteiger partial charge on any atom is 0.248 e. The molecule has 4 aromatic rings. The molecule has 1 amide bonds. The molecule has 0 atom stereocenters. The van der Waals surface area contributed by atoms with Crippen molar-refractivity contribution in [3.63, 3.8) is 0 Å². The molecule has 7 heteroatoms. The number of nitrogens with one attached hydrogen (secondary N) is 1. The maximum absolute atomic E-state index is 12.9. The first-order valence-electron chi connectivity index (χ1n) is 11.6. The molecule has 0 unspecified atom stereocenters. The van der Waals surface area contributed by atoms with Crippen molar-refractivity contribution in [3.8, 4) is 34.1 Å². The molecule has 36 heavy (non-hydrogen) atoms. The summed E-state index contributed by atoms with van der Waals surface area (Å²) >= 11 is 0. The summed E-state index contributed by atoms with van der Waals surface area (Å²) in [5.41, 5.74) is 5.70. The highest BCUT2D eigenvalue weighted by Gasteiger charge is 2.19. The summed E-state index contributed by atoms with van der Waals surface area (Å²) in [7, 11) is 3.26. The van der Waals surface area contributed by atoms with Crippen molar-refractivity contribution in [1.82, 2.24) is 0 Å². The fourth-order valence-electron chi connectivity index (χ4n) is 4.46. The highest BCUT2D eigenvalue weighted by molar-refractivity contribution is 6.06. The van der Waals surface area contributed by atoms with Gasteiger partial charge in [0.15, 0.2) is 11.5 Å². The first-order chi connectivity index (χ1) is 17.5. The van der Waals surface area contributed by atoms with Crippen molar-refractivity contribution in [2.75, 3.05) is 32.8 Å². The number of allylic oxidation sites excluding steroid dienone is 1. The molecular formula is C29H27NO6. The Morgan fingerprint density at radius 1 is 1.00 bits per heavy atom. The summed E-state index contributed by atoms with van der Waals surface area (Å²) in [6.45, 7) is 4.84. The number of ether oxygens (including phenoxy) is 4. The highest BCUT2D eigenvalue weighted by atomic mass is 16.6. The lowest BCUT2D eigenvalue weighted by atomic mass is 9.96. The summed E-state index contributed by atoms with van der Waals surface area (Å²) in [5.74, 6) is 2.46. The summed E-state index contributed by atoms with van der Waals surface area (Å²) in [6.07, 6.45) is 3.30. The summed E-state index contributed by atoms with van der Waals surface area (Å²) in [6, 6.07) is 15.2. The van der Waals surface area contributed by atoms with Gasteiger partial charge < -0.3 is 28.7 Å². The SMILES string of the molecule is COc1cccc(-c2coc3c(C)c(OC)c(/C(C)=C/C(=O)Nc4ccc5c(c4)OCCO5)cc23)c1. The van der Waals surface area contributed by atoms with Gasteiger partial charge in [-0.15, -0.1) is 0 Å². The van der Waals surface area contributed by atoms with Crippen LogP contribution < -0.4 is 24.3 Å². The van der Waals surface area contributed by atoms with Gasteiger partial charge in [-0.05, 0) is 55.3 Å². The van der Waals surface area contributed by atoms with Gasteiger partial charge in [0, 0.05) is 39.9 Å². The third kappa shape index (κ3) is 4.35. The van der Waals surface area contributed by atoms with Crippen molar-refractivity contribution in [3.05, 3.63) is 72.0 Å². The third-order valence-corrected chi connectivity index (χ3v) is 6.21. The Kier molecular flexibility index (Phi) is 6.29. The Bertz CT molecular complexity index is 1480. The average Bonchev–Trinajstić information content (AvgIpc) is 3.33. The van der Waals surface area contributed by atoms with E-state index in [1.807, 2.05) is 44.2 Å². The van der Waals surface area contributed by atoms with Gasteiger partial charge in [-0.2, -0.15) is 0 Å². The number of carbonyl (C=O) groups is 1. The van der Waals surface area contributed by atoms with Crippen LogP contribution in [0.3, 0.4) is 0 Å². The van der Waals surface area contributed by atoms with Crippen LogP contribution in [-0.2, 0) is 4.79 Å². The van der Waals surface area contributed by atoms with E-state index < -0.39 is 0 Å². The van der Waals surface area contributed by atoms with Crippen LogP contribution in [0.15, 0.2) is 65.3 Å². The van der Waals surface area contributed by atoms with Gasteiger partial charge in [-0.3, -0.25) is 4.79 Å². The smallest absolute Gasteiger partial charge is 0.248 e. The van der Waals surface area contributed by atoms with Crippen LogP contribution in [0.1, 0.15) is 18.1 Å². The van der Waals surface area contributed by atoms with Crippen molar-refractivity contribution in [2.45, 2.75) is 13.8 Å². The predicted molar refractivity (Wildman–Crippen MR) is 139 cm³/mol. The molecule has 0 saturated carbocycles. The molecule has 1 aliphatic heterocycles. The molecule has 0 radical (unpaired) electrons. The standard InChI is InChI=1S/C29H27NO6/c1-17(12-27(31)30-20-8-9-25-26(14-20)35-11-10-34-25)22-15-23-24(19-6-5-7-21(13-19)32-3)16-36-29(23)18(2)28(22)33-4/h5-9,12-16H,10-11H2,1-4H3,(H,30,31)/b17-12+. The van der Waals surface area contributed by atoms with Gasteiger partial charge in [0.1, 0.15) is 30.3 Å². The molecule has 7 nitrogen and oxygen atoms in total.